The number of hydrogen-bond donors (Lipinski definition) is 0. The molecule has 0 unspecified atom stereocenters. The molecule has 1 aliphatic carbocycles. The van der Waals surface area contributed by atoms with E-state index in [1.807, 2.05) is 19.1 Å². The second kappa shape index (κ2) is 8.20. The summed E-state index contributed by atoms with van der Waals surface area (Å²) < 4.78 is 0. The van der Waals surface area contributed by atoms with Crippen LogP contribution in [0.1, 0.15) is 32.6 Å². The highest BCUT2D eigenvalue weighted by Crippen LogP contribution is 2.38. The summed E-state index contributed by atoms with van der Waals surface area (Å²) in [6.45, 7) is 1.96. The summed E-state index contributed by atoms with van der Waals surface area (Å²) in [6, 6.07) is 7.22. The largest absolute Gasteiger partial charge is 0.285 e. The van der Waals surface area contributed by atoms with Crippen molar-refractivity contribution in [3.63, 3.8) is 0 Å². The van der Waals surface area contributed by atoms with Crippen LogP contribution in [0.4, 0.5) is 5.13 Å². The number of fused-ring (bicyclic) bond motifs is 1. The molecule has 0 bridgehead atoms. The molecular formula is C20H21ClN4O3S. The van der Waals surface area contributed by atoms with Crippen LogP contribution in [-0.4, -0.2) is 45.9 Å². The first-order valence-corrected chi connectivity index (χ1v) is 10.9. The molecule has 29 heavy (non-hydrogen) atoms. The zero-order chi connectivity index (χ0) is 20.5. The quantitative estimate of drug-likeness (QED) is 0.676. The smallest absolute Gasteiger partial charge is 0.248 e. The maximum Gasteiger partial charge on any atom is 0.248 e. The van der Waals surface area contributed by atoms with Gasteiger partial charge in [-0.3, -0.25) is 24.2 Å². The van der Waals surface area contributed by atoms with Crippen LogP contribution in [-0.2, 0) is 14.4 Å². The molecule has 2 aliphatic rings. The third-order valence-corrected chi connectivity index (χ3v) is 6.83. The summed E-state index contributed by atoms with van der Waals surface area (Å²) in [6.07, 6.45) is 3.39. The van der Waals surface area contributed by atoms with Crippen molar-refractivity contribution in [3.8, 4) is 10.6 Å². The van der Waals surface area contributed by atoms with E-state index in [0.29, 0.717) is 21.7 Å². The van der Waals surface area contributed by atoms with E-state index in [4.69, 9.17) is 11.6 Å². The zero-order valence-electron chi connectivity index (χ0n) is 16.0. The Hall–Kier alpha value is -2.32. The predicted molar refractivity (Wildman–Crippen MR) is 111 cm³/mol. The van der Waals surface area contributed by atoms with Crippen molar-refractivity contribution in [1.82, 2.24) is 15.1 Å². The van der Waals surface area contributed by atoms with Crippen LogP contribution in [0.3, 0.4) is 0 Å². The fourth-order valence-corrected chi connectivity index (χ4v) is 5.12. The van der Waals surface area contributed by atoms with Crippen LogP contribution in [0.15, 0.2) is 24.3 Å². The van der Waals surface area contributed by atoms with Crippen molar-refractivity contribution in [2.75, 3.05) is 18.0 Å². The van der Waals surface area contributed by atoms with Gasteiger partial charge >= 0.3 is 0 Å². The number of carbonyl (C=O) groups excluding carboxylic acids is 3. The van der Waals surface area contributed by atoms with Gasteiger partial charge in [0, 0.05) is 17.1 Å². The molecular weight excluding hydrogens is 412 g/mol. The minimum atomic E-state index is -0.327. The van der Waals surface area contributed by atoms with E-state index in [-0.39, 0.29) is 36.1 Å². The van der Waals surface area contributed by atoms with Gasteiger partial charge in [0.15, 0.2) is 0 Å². The van der Waals surface area contributed by atoms with Gasteiger partial charge in [0.05, 0.1) is 11.8 Å². The highest BCUT2D eigenvalue weighted by Gasteiger charge is 2.48. The van der Waals surface area contributed by atoms with E-state index < -0.39 is 0 Å². The fraction of sp³-hybridized carbons (Fsp3) is 0.450. The summed E-state index contributed by atoms with van der Waals surface area (Å²) in [5.74, 6) is -1.24. The van der Waals surface area contributed by atoms with Gasteiger partial charge in [-0.25, -0.2) is 0 Å². The third-order valence-electron chi connectivity index (χ3n) is 5.58. The second-order valence-corrected chi connectivity index (χ2v) is 8.69. The lowest BCUT2D eigenvalue weighted by molar-refractivity contribution is -0.143. The number of nitrogens with zero attached hydrogens (tertiary/aromatic N) is 4. The van der Waals surface area contributed by atoms with Crippen molar-refractivity contribution in [2.45, 2.75) is 32.6 Å². The maximum absolute atomic E-state index is 12.9. The average molecular weight is 433 g/mol. The van der Waals surface area contributed by atoms with Gasteiger partial charge in [0.25, 0.3) is 0 Å². The Bertz CT molecular complexity index is 921. The van der Waals surface area contributed by atoms with E-state index in [1.54, 1.807) is 12.1 Å². The van der Waals surface area contributed by atoms with E-state index in [2.05, 4.69) is 10.2 Å². The zero-order valence-corrected chi connectivity index (χ0v) is 17.6. The molecule has 0 N–H and O–H groups in total. The van der Waals surface area contributed by atoms with Crippen LogP contribution in [0.2, 0.25) is 5.02 Å². The molecule has 152 valence electrons. The molecule has 3 amide bonds. The highest BCUT2D eigenvalue weighted by atomic mass is 35.5. The van der Waals surface area contributed by atoms with E-state index in [1.165, 1.54) is 16.2 Å². The lowest BCUT2D eigenvalue weighted by Crippen LogP contribution is -2.43. The molecule has 1 saturated carbocycles. The number of benzene rings is 1. The number of likely N-dealkylation sites (tertiary alicyclic amines) is 1. The van der Waals surface area contributed by atoms with Crippen LogP contribution < -0.4 is 4.90 Å². The van der Waals surface area contributed by atoms with Crippen molar-refractivity contribution in [3.05, 3.63) is 29.3 Å². The summed E-state index contributed by atoms with van der Waals surface area (Å²) in [7, 11) is 0. The summed E-state index contributed by atoms with van der Waals surface area (Å²) in [4.78, 5) is 40.8. The number of likely N-dealkylation sites (N-methyl/N-ethyl adjacent to an activating group) is 1. The number of hydrogen-bond acceptors (Lipinski definition) is 6. The van der Waals surface area contributed by atoms with Crippen molar-refractivity contribution in [1.29, 1.82) is 0 Å². The van der Waals surface area contributed by atoms with E-state index >= 15 is 0 Å². The molecule has 2 atom stereocenters. The van der Waals surface area contributed by atoms with Crippen molar-refractivity contribution < 1.29 is 14.4 Å². The van der Waals surface area contributed by atoms with Gasteiger partial charge in [0.2, 0.25) is 22.9 Å². The SMILES string of the molecule is CCN(C(=O)CN1C(=O)[C@@H]2CCCC[C@H]2C1=O)c1nnc(-c2ccc(Cl)cc2)s1. The molecule has 0 radical (unpaired) electrons. The molecule has 9 heteroatoms. The number of imide groups is 1. The standard InChI is InChI=1S/C20H21ClN4O3S/c1-2-24(20-23-22-17(29-20)12-7-9-13(21)10-8-12)16(26)11-25-18(27)14-5-3-4-6-15(14)19(25)28/h7-10,14-15H,2-6,11H2,1H3/t14-,15-/m1/s1. The van der Waals surface area contributed by atoms with Gasteiger partial charge in [0.1, 0.15) is 11.6 Å². The predicted octanol–water partition coefficient (Wildman–Crippen LogP) is 3.39. The molecule has 1 aliphatic heterocycles. The Morgan fingerprint density at radius 3 is 2.34 bits per heavy atom. The molecule has 1 aromatic heterocycles. The Morgan fingerprint density at radius 1 is 1.14 bits per heavy atom. The molecule has 2 fully saturated rings. The first-order chi connectivity index (χ1) is 14.0. The summed E-state index contributed by atoms with van der Waals surface area (Å²) in [5.41, 5.74) is 0.857. The number of rotatable bonds is 5. The van der Waals surface area contributed by atoms with E-state index in [0.717, 1.165) is 36.1 Å². The third kappa shape index (κ3) is 3.79. The maximum atomic E-state index is 12.9. The number of anilines is 1. The topological polar surface area (TPSA) is 83.5 Å². The summed E-state index contributed by atoms with van der Waals surface area (Å²) in [5, 5.41) is 10.1. The monoisotopic (exact) mass is 432 g/mol. The number of amides is 3. The lowest BCUT2D eigenvalue weighted by Gasteiger charge is -2.21. The van der Waals surface area contributed by atoms with Crippen molar-refractivity contribution in [2.24, 2.45) is 11.8 Å². The minimum Gasteiger partial charge on any atom is -0.285 e. The van der Waals surface area contributed by atoms with Gasteiger partial charge < -0.3 is 0 Å². The molecule has 7 nitrogen and oxygen atoms in total. The summed E-state index contributed by atoms with van der Waals surface area (Å²) >= 11 is 7.21. The number of aromatic nitrogens is 2. The van der Waals surface area contributed by atoms with Gasteiger partial charge in [-0.2, -0.15) is 0 Å². The second-order valence-electron chi connectivity index (χ2n) is 7.29. The molecule has 2 aromatic rings. The Morgan fingerprint density at radius 2 is 1.76 bits per heavy atom. The minimum absolute atomic E-state index is 0.205. The van der Waals surface area contributed by atoms with Gasteiger partial charge in [-0.1, -0.05) is 47.9 Å². The average Bonchev–Trinajstić information content (AvgIpc) is 3.29. The molecule has 1 aromatic carbocycles. The van der Waals surface area contributed by atoms with Gasteiger partial charge in [-0.15, -0.1) is 10.2 Å². The first-order valence-electron chi connectivity index (χ1n) is 9.74. The number of carbonyl (C=O) groups is 3. The van der Waals surface area contributed by atoms with Crippen LogP contribution in [0, 0.1) is 11.8 Å². The van der Waals surface area contributed by atoms with Crippen LogP contribution >= 0.6 is 22.9 Å². The molecule has 0 spiro atoms. The van der Waals surface area contributed by atoms with Crippen molar-refractivity contribution >= 4 is 45.8 Å². The highest BCUT2D eigenvalue weighted by molar-refractivity contribution is 7.18. The first kappa shape index (κ1) is 20.0. The lowest BCUT2D eigenvalue weighted by atomic mass is 9.81. The molecule has 2 heterocycles. The Kier molecular flexibility index (Phi) is 5.65. The Balaban J connectivity index is 1.49. The van der Waals surface area contributed by atoms with Gasteiger partial charge in [-0.05, 0) is 31.9 Å². The van der Waals surface area contributed by atoms with E-state index in [9.17, 15) is 14.4 Å². The normalized spacial score (nSPS) is 21.4. The molecule has 1 saturated heterocycles. The number of halogens is 1. The fourth-order valence-electron chi connectivity index (χ4n) is 4.06. The van der Waals surface area contributed by atoms with Crippen LogP contribution in [0.25, 0.3) is 10.6 Å². The van der Waals surface area contributed by atoms with Crippen LogP contribution in [0.5, 0.6) is 0 Å². The molecule has 4 rings (SSSR count). The Labute approximate surface area is 177 Å².